The highest BCUT2D eigenvalue weighted by Gasteiger charge is 2.12. The van der Waals surface area contributed by atoms with Crippen LogP contribution in [0.2, 0.25) is 5.02 Å². The highest BCUT2D eigenvalue weighted by Crippen LogP contribution is 2.36. The minimum Gasteiger partial charge on any atom is -0.493 e. The van der Waals surface area contributed by atoms with Gasteiger partial charge in [0.05, 0.1) is 18.7 Å². The van der Waals surface area contributed by atoms with Crippen LogP contribution in [-0.4, -0.2) is 33.3 Å². The van der Waals surface area contributed by atoms with Crippen molar-refractivity contribution in [1.82, 2.24) is 10.6 Å². The summed E-state index contributed by atoms with van der Waals surface area (Å²) in [4.78, 5) is 5.63. The maximum absolute atomic E-state index is 6.32. The summed E-state index contributed by atoms with van der Waals surface area (Å²) in [7, 11) is 3.37. The van der Waals surface area contributed by atoms with Crippen molar-refractivity contribution in [2.45, 2.75) is 26.3 Å². The summed E-state index contributed by atoms with van der Waals surface area (Å²) in [6.45, 7) is 6.04. The van der Waals surface area contributed by atoms with Crippen LogP contribution in [0.5, 0.6) is 11.5 Å². The Morgan fingerprint density at radius 1 is 1.33 bits per heavy atom. The van der Waals surface area contributed by atoms with Crippen LogP contribution in [0.1, 0.15) is 30.2 Å². The van der Waals surface area contributed by atoms with Gasteiger partial charge in [0.2, 0.25) is 0 Å². The number of rotatable bonds is 8. The van der Waals surface area contributed by atoms with Gasteiger partial charge >= 0.3 is 0 Å². The van der Waals surface area contributed by atoms with E-state index < -0.39 is 0 Å². The van der Waals surface area contributed by atoms with Crippen LogP contribution in [0.15, 0.2) is 34.6 Å². The zero-order valence-corrected chi connectivity index (χ0v) is 19.9. The molecule has 5 nitrogen and oxygen atoms in total. The lowest BCUT2D eigenvalue weighted by Crippen LogP contribution is -2.38. The SMILES string of the molecule is CCOc1c(Cl)cc(CNC(=NC)NCC(C)c2cccs2)cc1OC.I. The van der Waals surface area contributed by atoms with Crippen LogP contribution in [-0.2, 0) is 6.54 Å². The van der Waals surface area contributed by atoms with Gasteiger partial charge < -0.3 is 20.1 Å². The second-order valence-corrected chi connectivity index (χ2v) is 7.15. The predicted octanol–water partition coefficient (Wildman–Crippen LogP) is 4.90. The average molecular weight is 524 g/mol. The molecule has 150 valence electrons. The van der Waals surface area contributed by atoms with E-state index >= 15 is 0 Å². The lowest BCUT2D eigenvalue weighted by atomic mass is 10.1. The van der Waals surface area contributed by atoms with E-state index in [1.165, 1.54) is 4.88 Å². The molecule has 0 amide bonds. The Bertz CT molecular complexity index is 726. The number of guanidine groups is 1. The van der Waals surface area contributed by atoms with E-state index in [2.05, 4.69) is 40.1 Å². The number of halogens is 2. The van der Waals surface area contributed by atoms with E-state index in [1.54, 1.807) is 25.5 Å². The fourth-order valence-corrected chi connectivity index (χ4v) is 3.56. The standard InChI is InChI=1S/C19H26ClN3O2S.HI/c1-5-25-18-15(20)9-14(10-16(18)24-4)12-23-19(21-3)22-11-13(2)17-7-6-8-26-17;/h6-10,13H,5,11-12H2,1-4H3,(H2,21,22,23);1H. The molecule has 2 aromatic rings. The number of thiophene rings is 1. The molecule has 1 atom stereocenters. The van der Waals surface area contributed by atoms with E-state index in [1.807, 2.05) is 19.1 Å². The van der Waals surface area contributed by atoms with Crippen molar-refractivity contribution in [3.05, 3.63) is 45.1 Å². The Balaban J connectivity index is 0.00000364. The zero-order chi connectivity index (χ0) is 18.9. The van der Waals surface area contributed by atoms with Crippen molar-refractivity contribution >= 4 is 52.9 Å². The number of ether oxygens (including phenoxy) is 2. The molecule has 0 spiro atoms. The first-order valence-corrected chi connectivity index (χ1v) is 9.81. The third-order valence-corrected chi connectivity index (χ3v) is 5.25. The minimum absolute atomic E-state index is 0. The number of hydrogen-bond donors (Lipinski definition) is 2. The summed E-state index contributed by atoms with van der Waals surface area (Å²) in [5.74, 6) is 2.38. The number of nitrogens with zero attached hydrogens (tertiary/aromatic N) is 1. The lowest BCUT2D eigenvalue weighted by Gasteiger charge is -2.16. The first-order chi connectivity index (χ1) is 12.6. The molecule has 1 aromatic carbocycles. The highest BCUT2D eigenvalue weighted by atomic mass is 127. The van der Waals surface area contributed by atoms with E-state index in [0.29, 0.717) is 35.6 Å². The van der Waals surface area contributed by atoms with E-state index in [9.17, 15) is 0 Å². The summed E-state index contributed by atoms with van der Waals surface area (Å²) in [6, 6.07) is 8.03. The molecule has 0 bridgehead atoms. The van der Waals surface area contributed by atoms with E-state index in [4.69, 9.17) is 21.1 Å². The number of aliphatic imine (C=N–C) groups is 1. The quantitative estimate of drug-likeness (QED) is 0.294. The largest absolute Gasteiger partial charge is 0.493 e. The zero-order valence-electron chi connectivity index (χ0n) is 16.0. The smallest absolute Gasteiger partial charge is 0.191 e. The van der Waals surface area contributed by atoms with Gasteiger partial charge in [0.1, 0.15) is 0 Å². The Hall–Kier alpha value is -1.19. The van der Waals surface area contributed by atoms with Crippen molar-refractivity contribution in [1.29, 1.82) is 0 Å². The van der Waals surface area contributed by atoms with Crippen LogP contribution in [0.4, 0.5) is 0 Å². The molecule has 0 aliphatic heterocycles. The number of nitrogens with one attached hydrogen (secondary N) is 2. The maximum Gasteiger partial charge on any atom is 0.191 e. The molecule has 1 unspecified atom stereocenters. The molecule has 2 rings (SSSR count). The molecule has 2 N–H and O–H groups in total. The first-order valence-electron chi connectivity index (χ1n) is 8.56. The fraction of sp³-hybridized carbons (Fsp3) is 0.421. The lowest BCUT2D eigenvalue weighted by molar-refractivity contribution is 0.311. The molecule has 0 radical (unpaired) electrons. The molecule has 0 aliphatic rings. The van der Waals surface area contributed by atoms with Crippen molar-refractivity contribution in [3.8, 4) is 11.5 Å². The topological polar surface area (TPSA) is 54.9 Å². The molecule has 1 heterocycles. The van der Waals surface area contributed by atoms with E-state index in [0.717, 1.165) is 18.1 Å². The monoisotopic (exact) mass is 523 g/mol. The van der Waals surface area contributed by atoms with Crippen LogP contribution in [0.25, 0.3) is 0 Å². The summed E-state index contributed by atoms with van der Waals surface area (Å²) in [5, 5.41) is 9.30. The van der Waals surface area contributed by atoms with Gasteiger partial charge in [0.25, 0.3) is 0 Å². The van der Waals surface area contributed by atoms with Crippen LogP contribution >= 0.6 is 46.9 Å². The van der Waals surface area contributed by atoms with Gasteiger partial charge in [-0.2, -0.15) is 0 Å². The molecule has 0 aliphatic carbocycles. The number of benzene rings is 1. The first kappa shape index (κ1) is 23.8. The van der Waals surface area contributed by atoms with Crippen molar-refractivity contribution in [2.75, 3.05) is 27.3 Å². The average Bonchev–Trinajstić information content (AvgIpc) is 3.18. The van der Waals surface area contributed by atoms with Gasteiger partial charge in [-0.05, 0) is 36.1 Å². The minimum atomic E-state index is 0. The molecule has 0 saturated carbocycles. The predicted molar refractivity (Wildman–Crippen MR) is 126 cm³/mol. The number of methoxy groups -OCH3 is 1. The third kappa shape index (κ3) is 7.04. The van der Waals surface area contributed by atoms with Crippen LogP contribution < -0.4 is 20.1 Å². The van der Waals surface area contributed by atoms with Gasteiger partial charge in [-0.25, -0.2) is 0 Å². The van der Waals surface area contributed by atoms with Gasteiger partial charge in [-0.1, -0.05) is 24.6 Å². The molecule has 27 heavy (non-hydrogen) atoms. The molecule has 1 aromatic heterocycles. The Morgan fingerprint density at radius 3 is 2.70 bits per heavy atom. The molecular formula is C19H27ClIN3O2S. The van der Waals surface area contributed by atoms with Crippen molar-refractivity contribution < 1.29 is 9.47 Å². The van der Waals surface area contributed by atoms with Crippen LogP contribution in [0.3, 0.4) is 0 Å². The van der Waals surface area contributed by atoms with Gasteiger partial charge in [-0.15, -0.1) is 35.3 Å². The summed E-state index contributed by atoms with van der Waals surface area (Å²) >= 11 is 8.09. The van der Waals surface area contributed by atoms with E-state index in [-0.39, 0.29) is 24.0 Å². The Morgan fingerprint density at radius 2 is 2.11 bits per heavy atom. The molecule has 0 saturated heterocycles. The molecular weight excluding hydrogens is 497 g/mol. The van der Waals surface area contributed by atoms with Gasteiger partial charge in [0, 0.05) is 30.9 Å². The normalized spacial score (nSPS) is 12.1. The van der Waals surface area contributed by atoms with Gasteiger partial charge in [0.15, 0.2) is 17.5 Å². The van der Waals surface area contributed by atoms with Crippen molar-refractivity contribution in [3.63, 3.8) is 0 Å². The summed E-state index contributed by atoms with van der Waals surface area (Å²) < 4.78 is 10.9. The highest BCUT2D eigenvalue weighted by molar-refractivity contribution is 14.0. The van der Waals surface area contributed by atoms with Crippen LogP contribution in [0, 0.1) is 0 Å². The third-order valence-electron chi connectivity index (χ3n) is 3.87. The second kappa shape index (κ2) is 12.3. The summed E-state index contributed by atoms with van der Waals surface area (Å²) in [6.07, 6.45) is 0. The Labute approximate surface area is 187 Å². The number of hydrogen-bond acceptors (Lipinski definition) is 4. The molecule has 0 fully saturated rings. The second-order valence-electron chi connectivity index (χ2n) is 5.77. The van der Waals surface area contributed by atoms with Gasteiger partial charge in [-0.3, -0.25) is 4.99 Å². The van der Waals surface area contributed by atoms with Crippen molar-refractivity contribution in [2.24, 2.45) is 4.99 Å². The summed E-state index contributed by atoms with van der Waals surface area (Å²) in [5.41, 5.74) is 0.990. The Kier molecular flexibility index (Phi) is 10.9. The maximum atomic E-state index is 6.32. The fourth-order valence-electron chi connectivity index (χ4n) is 2.49. The molecule has 8 heteroatoms.